The van der Waals surface area contributed by atoms with Gasteiger partial charge in [-0.3, -0.25) is 0 Å². The molecule has 4 rings (SSSR count). The van der Waals surface area contributed by atoms with Gasteiger partial charge in [0.05, 0.1) is 11.1 Å². The van der Waals surface area contributed by atoms with Crippen LogP contribution in [-0.2, 0) is 25.9 Å². The summed E-state index contributed by atoms with van der Waals surface area (Å²) < 4.78 is 68.4. The second-order valence-electron chi connectivity index (χ2n) is 7.37. The molecule has 3 aromatic rings. The third-order valence-electron chi connectivity index (χ3n) is 4.89. The Morgan fingerprint density at radius 3 is 2.12 bits per heavy atom. The molecule has 0 fully saturated rings. The molecule has 0 radical (unpaired) electrons. The van der Waals surface area contributed by atoms with E-state index in [-0.39, 0.29) is 27.5 Å². The van der Waals surface area contributed by atoms with E-state index in [1.54, 1.807) is 12.1 Å². The van der Waals surface area contributed by atoms with E-state index >= 15 is 0 Å². The molecular weight excluding hydrogens is 471 g/mol. The zero-order chi connectivity index (χ0) is 24.5. The van der Waals surface area contributed by atoms with Crippen molar-refractivity contribution in [3.8, 4) is 5.75 Å². The first-order valence-electron chi connectivity index (χ1n) is 9.83. The van der Waals surface area contributed by atoms with Gasteiger partial charge >= 0.3 is 22.3 Å². The molecule has 0 amide bonds. The van der Waals surface area contributed by atoms with Gasteiger partial charge in [-0.15, -0.1) is 0 Å². The predicted octanol–water partition coefficient (Wildman–Crippen LogP) is 5.13. The van der Waals surface area contributed by atoms with Crippen LogP contribution >= 0.6 is 0 Å². The number of carbonyl (C=O) groups is 1. The van der Waals surface area contributed by atoms with E-state index < -0.39 is 27.8 Å². The highest BCUT2D eigenvalue weighted by atomic mass is 32.2. The van der Waals surface area contributed by atoms with Gasteiger partial charge in [-0.1, -0.05) is 47.1 Å². The van der Waals surface area contributed by atoms with Crippen molar-refractivity contribution >= 4 is 27.9 Å². The number of nitrogens with zero attached hydrogens (tertiary/aromatic N) is 1. The predicted molar refractivity (Wildman–Crippen MR) is 117 cm³/mol. The molecule has 0 bridgehead atoms. The summed E-state index contributed by atoms with van der Waals surface area (Å²) in [5.74, 6) is -0.703. The maximum atomic E-state index is 12.8. The topological polar surface area (TPSA) is 82.0 Å². The minimum Gasteiger partial charge on any atom is -0.379 e. The lowest BCUT2D eigenvalue weighted by atomic mass is 9.99. The van der Waals surface area contributed by atoms with Crippen molar-refractivity contribution in [2.45, 2.75) is 18.0 Å². The van der Waals surface area contributed by atoms with E-state index in [0.717, 1.165) is 17.7 Å². The number of oxime groups is 1. The number of halogens is 3. The summed E-state index contributed by atoms with van der Waals surface area (Å²) in [7, 11) is -4.02. The molecule has 1 aliphatic heterocycles. The SMILES string of the molecule is Cc1ccc(S(=O)(=O)Oc2ccc(/C=C3\C(=O)ON=C3c3ccc(C(F)(F)F)cc3)cc2)cc1. The molecule has 0 spiro atoms. The fourth-order valence-corrected chi connectivity index (χ4v) is 4.03. The summed E-state index contributed by atoms with van der Waals surface area (Å²) in [5.41, 5.74) is 0.967. The van der Waals surface area contributed by atoms with E-state index in [9.17, 15) is 26.4 Å². The molecule has 0 N–H and O–H groups in total. The summed E-state index contributed by atoms with van der Waals surface area (Å²) in [6, 6.07) is 16.2. The highest BCUT2D eigenvalue weighted by molar-refractivity contribution is 7.87. The maximum Gasteiger partial charge on any atom is 0.416 e. The van der Waals surface area contributed by atoms with Gasteiger partial charge in [-0.05, 0) is 55.0 Å². The quantitative estimate of drug-likeness (QED) is 0.283. The number of benzene rings is 3. The number of hydrogen-bond donors (Lipinski definition) is 0. The highest BCUT2D eigenvalue weighted by Crippen LogP contribution is 2.30. The summed E-state index contributed by atoms with van der Waals surface area (Å²) in [4.78, 5) is 16.8. The smallest absolute Gasteiger partial charge is 0.379 e. The average Bonchev–Trinajstić information content (AvgIpc) is 3.15. The monoisotopic (exact) mass is 487 g/mol. The van der Waals surface area contributed by atoms with Crippen LogP contribution in [0.5, 0.6) is 5.75 Å². The molecule has 174 valence electrons. The van der Waals surface area contributed by atoms with E-state index in [1.165, 1.54) is 54.6 Å². The molecule has 0 saturated carbocycles. The van der Waals surface area contributed by atoms with Crippen LogP contribution in [0, 0.1) is 6.92 Å². The Labute approximate surface area is 193 Å². The lowest BCUT2D eigenvalue weighted by Crippen LogP contribution is -2.10. The molecule has 0 aromatic heterocycles. The summed E-state index contributed by atoms with van der Waals surface area (Å²) in [6.45, 7) is 1.83. The van der Waals surface area contributed by atoms with E-state index in [2.05, 4.69) is 5.16 Å². The van der Waals surface area contributed by atoms with Crippen LogP contribution in [0.15, 0.2) is 88.4 Å². The van der Waals surface area contributed by atoms with Crippen LogP contribution in [0.25, 0.3) is 6.08 Å². The van der Waals surface area contributed by atoms with Gasteiger partial charge in [-0.25, -0.2) is 4.79 Å². The van der Waals surface area contributed by atoms with Gasteiger partial charge in [-0.2, -0.15) is 21.6 Å². The number of alkyl halides is 3. The molecule has 0 unspecified atom stereocenters. The van der Waals surface area contributed by atoms with Gasteiger partial charge in [0.25, 0.3) is 0 Å². The Kier molecular flexibility index (Phi) is 6.01. The zero-order valence-corrected chi connectivity index (χ0v) is 18.4. The van der Waals surface area contributed by atoms with Crippen LogP contribution in [-0.4, -0.2) is 20.1 Å². The zero-order valence-electron chi connectivity index (χ0n) is 17.5. The molecular formula is C24H16F3NO5S. The molecule has 1 heterocycles. The largest absolute Gasteiger partial charge is 0.416 e. The Bertz CT molecular complexity index is 1390. The number of aryl methyl sites for hydroxylation is 1. The van der Waals surface area contributed by atoms with Crippen molar-refractivity contribution in [2.75, 3.05) is 0 Å². The van der Waals surface area contributed by atoms with E-state index in [0.29, 0.717) is 5.56 Å². The minimum absolute atomic E-state index is 0.00962. The molecule has 10 heteroatoms. The van der Waals surface area contributed by atoms with Crippen LogP contribution in [0.1, 0.15) is 22.3 Å². The fourth-order valence-electron chi connectivity index (χ4n) is 3.10. The Morgan fingerprint density at radius 2 is 1.53 bits per heavy atom. The molecule has 3 aromatic carbocycles. The molecule has 34 heavy (non-hydrogen) atoms. The Morgan fingerprint density at radius 1 is 0.912 bits per heavy atom. The first-order chi connectivity index (χ1) is 16.0. The second-order valence-corrected chi connectivity index (χ2v) is 8.92. The van der Waals surface area contributed by atoms with Crippen LogP contribution in [0.2, 0.25) is 0 Å². The van der Waals surface area contributed by atoms with Gasteiger partial charge in [0, 0.05) is 5.56 Å². The minimum atomic E-state index is -4.49. The van der Waals surface area contributed by atoms with Crippen LogP contribution < -0.4 is 4.18 Å². The van der Waals surface area contributed by atoms with Crippen molar-refractivity contribution in [2.24, 2.45) is 5.16 Å². The number of carbonyl (C=O) groups excluding carboxylic acids is 1. The van der Waals surface area contributed by atoms with Crippen molar-refractivity contribution in [3.05, 3.63) is 101 Å². The van der Waals surface area contributed by atoms with Gasteiger partial charge in [0.2, 0.25) is 0 Å². The number of hydrogen-bond acceptors (Lipinski definition) is 6. The fraction of sp³-hybridized carbons (Fsp3) is 0.0833. The summed E-state index contributed by atoms with van der Waals surface area (Å²) in [6.07, 6.45) is -3.05. The van der Waals surface area contributed by atoms with Crippen LogP contribution in [0.3, 0.4) is 0 Å². The van der Waals surface area contributed by atoms with Crippen molar-refractivity contribution in [1.29, 1.82) is 0 Å². The summed E-state index contributed by atoms with van der Waals surface area (Å²) >= 11 is 0. The maximum absolute atomic E-state index is 12.8. The molecule has 0 saturated heterocycles. The molecule has 0 aliphatic carbocycles. The van der Waals surface area contributed by atoms with E-state index in [1.807, 2.05) is 6.92 Å². The van der Waals surface area contributed by atoms with Crippen molar-refractivity contribution in [1.82, 2.24) is 0 Å². The highest BCUT2D eigenvalue weighted by Gasteiger charge is 2.31. The van der Waals surface area contributed by atoms with Gasteiger partial charge in [0.15, 0.2) is 0 Å². The third kappa shape index (κ3) is 5.01. The number of rotatable bonds is 5. The average molecular weight is 487 g/mol. The first kappa shape index (κ1) is 23.2. The Hall–Kier alpha value is -3.92. The Balaban J connectivity index is 1.54. The van der Waals surface area contributed by atoms with Gasteiger partial charge in [0.1, 0.15) is 16.4 Å². The van der Waals surface area contributed by atoms with E-state index in [4.69, 9.17) is 9.02 Å². The normalized spacial score (nSPS) is 15.2. The lowest BCUT2D eigenvalue weighted by molar-refractivity contribution is -0.138. The van der Waals surface area contributed by atoms with Gasteiger partial charge < -0.3 is 9.02 Å². The first-order valence-corrected chi connectivity index (χ1v) is 11.2. The molecule has 1 aliphatic rings. The molecule has 6 nitrogen and oxygen atoms in total. The molecule has 0 atom stereocenters. The lowest BCUT2D eigenvalue weighted by Gasteiger charge is -2.08. The third-order valence-corrected chi connectivity index (χ3v) is 6.15. The van der Waals surface area contributed by atoms with Crippen molar-refractivity contribution < 1.29 is 35.4 Å². The second kappa shape index (κ2) is 8.79. The van der Waals surface area contributed by atoms with Crippen molar-refractivity contribution in [3.63, 3.8) is 0 Å². The summed E-state index contributed by atoms with van der Waals surface area (Å²) in [5, 5.41) is 3.68. The van der Waals surface area contributed by atoms with Crippen LogP contribution in [0.4, 0.5) is 13.2 Å². The standard InChI is InChI=1S/C24H16F3NO5S/c1-15-2-12-20(13-3-15)34(30,31)33-19-10-4-16(5-11-19)14-21-22(28-32-23(21)29)17-6-8-18(9-7-17)24(25,26)27/h2-14H,1H3/b21-14-.